The molecule has 0 radical (unpaired) electrons. The number of nitrogens with two attached hydrogens (primary N) is 1. The topological polar surface area (TPSA) is 89.3 Å². The van der Waals surface area contributed by atoms with Crippen LogP contribution in [0.3, 0.4) is 0 Å². The lowest BCUT2D eigenvalue weighted by Gasteiger charge is -2.56. The van der Waals surface area contributed by atoms with Crippen LogP contribution < -0.4 is 11.1 Å². The lowest BCUT2D eigenvalue weighted by atomic mass is 9.89. The van der Waals surface area contributed by atoms with Gasteiger partial charge in [0.25, 0.3) is 0 Å². The van der Waals surface area contributed by atoms with Gasteiger partial charge in [-0.3, -0.25) is 4.79 Å². The van der Waals surface area contributed by atoms with Crippen LogP contribution in [0.15, 0.2) is 0 Å². The fourth-order valence-corrected chi connectivity index (χ4v) is 4.89. The van der Waals surface area contributed by atoms with Crippen molar-refractivity contribution in [2.24, 2.45) is 5.73 Å². The van der Waals surface area contributed by atoms with Gasteiger partial charge in [0, 0.05) is 0 Å². The molecule has 94 valence electrons. The maximum Gasteiger partial charge on any atom is 0.236 e. The van der Waals surface area contributed by atoms with Gasteiger partial charge in [-0.15, -0.1) is 0 Å². The van der Waals surface area contributed by atoms with Crippen LogP contribution in [0.4, 0.5) is 0 Å². The van der Waals surface area contributed by atoms with E-state index in [1.54, 1.807) is 34.6 Å². The molecule has 0 bridgehead atoms. The highest BCUT2D eigenvalue weighted by Crippen LogP contribution is 2.48. The Morgan fingerprint density at radius 1 is 1.25 bits per heavy atom. The van der Waals surface area contributed by atoms with Crippen LogP contribution in [0.1, 0.15) is 34.6 Å². The van der Waals surface area contributed by atoms with Gasteiger partial charge in [-0.05, 0) is 34.6 Å². The highest BCUT2D eigenvalue weighted by Gasteiger charge is 2.67. The maximum absolute atomic E-state index is 12.0. The first-order chi connectivity index (χ1) is 6.96. The van der Waals surface area contributed by atoms with E-state index in [0.29, 0.717) is 0 Å². The second-order valence-electron chi connectivity index (χ2n) is 5.44. The van der Waals surface area contributed by atoms with Gasteiger partial charge in [-0.25, -0.2) is 8.42 Å². The quantitative estimate of drug-likeness (QED) is 0.708. The Kier molecular flexibility index (Phi) is 2.89. The SMILES string of the molecule is C[C@@H](N)C(=O)NC1C(C)(C)S(=O)(=O)C1(C)C. The molecule has 0 aliphatic carbocycles. The van der Waals surface area contributed by atoms with Gasteiger partial charge in [0.05, 0.1) is 21.6 Å². The number of rotatable bonds is 2. The van der Waals surface area contributed by atoms with Gasteiger partial charge >= 0.3 is 0 Å². The largest absolute Gasteiger partial charge is 0.349 e. The van der Waals surface area contributed by atoms with Crippen molar-refractivity contribution >= 4 is 15.7 Å². The van der Waals surface area contributed by atoms with Crippen molar-refractivity contribution in [3.8, 4) is 0 Å². The van der Waals surface area contributed by atoms with E-state index in [9.17, 15) is 13.2 Å². The number of sulfone groups is 1. The summed E-state index contributed by atoms with van der Waals surface area (Å²) in [6, 6.07) is -1.03. The van der Waals surface area contributed by atoms with Crippen LogP contribution in [0.25, 0.3) is 0 Å². The van der Waals surface area contributed by atoms with Gasteiger partial charge in [-0.2, -0.15) is 0 Å². The second kappa shape index (κ2) is 3.43. The number of hydrogen-bond donors (Lipinski definition) is 2. The standard InChI is InChI=1S/C10H20N2O3S/c1-6(11)7(13)12-8-9(2,3)16(14,15)10(8,4)5/h6,8H,11H2,1-5H3,(H,12,13)/t6-/m1/s1. The Bertz CT molecular complexity index is 388. The molecule has 0 spiro atoms. The molecule has 0 unspecified atom stereocenters. The molecule has 6 heteroatoms. The van der Waals surface area contributed by atoms with E-state index in [0.717, 1.165) is 0 Å². The lowest BCUT2D eigenvalue weighted by Crippen LogP contribution is -2.78. The molecule has 1 heterocycles. The van der Waals surface area contributed by atoms with Crippen LogP contribution in [-0.4, -0.2) is 35.9 Å². The number of hydrogen-bond acceptors (Lipinski definition) is 4. The minimum absolute atomic E-state index is 0.318. The minimum atomic E-state index is -3.21. The summed E-state index contributed by atoms with van der Waals surface area (Å²) in [7, 11) is -3.21. The second-order valence-corrected chi connectivity index (χ2v) is 8.55. The molecule has 0 aromatic rings. The van der Waals surface area contributed by atoms with E-state index in [2.05, 4.69) is 5.32 Å². The van der Waals surface area contributed by atoms with Crippen LogP contribution in [0.5, 0.6) is 0 Å². The first kappa shape index (κ1) is 13.4. The Hall–Kier alpha value is -0.620. The predicted octanol–water partition coefficient (Wildman–Crippen LogP) is -0.196. The zero-order valence-corrected chi connectivity index (χ0v) is 11.2. The lowest BCUT2D eigenvalue weighted by molar-refractivity contribution is -0.123. The van der Waals surface area contributed by atoms with Crippen molar-refractivity contribution in [1.82, 2.24) is 5.32 Å². The van der Waals surface area contributed by atoms with E-state index in [1.807, 2.05) is 0 Å². The smallest absolute Gasteiger partial charge is 0.236 e. The molecule has 1 atom stereocenters. The summed E-state index contributed by atoms with van der Waals surface area (Å²) in [6.07, 6.45) is 0. The number of carbonyl (C=O) groups is 1. The van der Waals surface area contributed by atoms with Crippen molar-refractivity contribution in [3.05, 3.63) is 0 Å². The molecule has 1 aliphatic rings. The average molecular weight is 248 g/mol. The molecular formula is C10H20N2O3S. The van der Waals surface area contributed by atoms with Gasteiger partial charge in [-0.1, -0.05) is 0 Å². The van der Waals surface area contributed by atoms with Crippen molar-refractivity contribution in [1.29, 1.82) is 0 Å². The summed E-state index contributed by atoms with van der Waals surface area (Å²) in [5, 5.41) is 2.71. The number of carbonyl (C=O) groups excluding carboxylic acids is 1. The van der Waals surface area contributed by atoms with E-state index < -0.39 is 31.4 Å². The van der Waals surface area contributed by atoms with Gasteiger partial charge < -0.3 is 11.1 Å². The highest BCUT2D eigenvalue weighted by molar-refractivity contribution is 7.95. The van der Waals surface area contributed by atoms with Crippen LogP contribution in [0, 0.1) is 0 Å². The molecule has 1 saturated heterocycles. The molecule has 3 N–H and O–H groups in total. The summed E-state index contributed by atoms with van der Waals surface area (Å²) in [5.41, 5.74) is 5.45. The Balaban J connectivity index is 2.97. The highest BCUT2D eigenvalue weighted by atomic mass is 32.2. The average Bonchev–Trinajstić information content (AvgIpc) is 2.11. The van der Waals surface area contributed by atoms with Gasteiger partial charge in [0.1, 0.15) is 0 Å². The molecule has 0 saturated carbocycles. The zero-order valence-electron chi connectivity index (χ0n) is 10.4. The molecule has 1 rings (SSSR count). The van der Waals surface area contributed by atoms with Crippen molar-refractivity contribution in [2.75, 3.05) is 0 Å². The Morgan fingerprint density at radius 3 is 1.94 bits per heavy atom. The summed E-state index contributed by atoms with van der Waals surface area (Å²) < 4.78 is 22.1. The zero-order chi connectivity index (χ0) is 12.9. The van der Waals surface area contributed by atoms with Gasteiger partial charge in [0.15, 0.2) is 9.84 Å². The molecule has 1 aliphatic heterocycles. The van der Waals surface area contributed by atoms with Crippen molar-refractivity contribution in [2.45, 2.75) is 56.2 Å². The molecule has 0 aromatic heterocycles. The van der Waals surface area contributed by atoms with E-state index in [1.165, 1.54) is 0 Å². The van der Waals surface area contributed by atoms with Crippen LogP contribution in [-0.2, 0) is 14.6 Å². The van der Waals surface area contributed by atoms with Crippen molar-refractivity contribution in [3.63, 3.8) is 0 Å². The van der Waals surface area contributed by atoms with Crippen molar-refractivity contribution < 1.29 is 13.2 Å². The fourth-order valence-electron chi connectivity index (χ4n) is 2.39. The molecule has 0 aromatic carbocycles. The number of amides is 1. The molecule has 1 amide bonds. The van der Waals surface area contributed by atoms with Crippen LogP contribution in [0.2, 0.25) is 0 Å². The first-order valence-corrected chi connectivity index (χ1v) is 6.74. The minimum Gasteiger partial charge on any atom is -0.349 e. The third-order valence-corrected chi connectivity index (χ3v) is 6.72. The van der Waals surface area contributed by atoms with Gasteiger partial charge in [0.2, 0.25) is 5.91 Å². The number of nitrogens with one attached hydrogen (secondary N) is 1. The third-order valence-electron chi connectivity index (χ3n) is 3.48. The normalized spacial score (nSPS) is 27.9. The summed E-state index contributed by atoms with van der Waals surface area (Å²) >= 11 is 0. The van der Waals surface area contributed by atoms with E-state index in [4.69, 9.17) is 5.73 Å². The summed E-state index contributed by atoms with van der Waals surface area (Å²) in [4.78, 5) is 11.5. The first-order valence-electron chi connectivity index (χ1n) is 5.26. The molecular weight excluding hydrogens is 228 g/mol. The summed E-state index contributed by atoms with van der Waals surface area (Å²) in [6.45, 7) is 8.07. The predicted molar refractivity (Wildman–Crippen MR) is 62.7 cm³/mol. The Labute approximate surface area is 96.7 Å². The molecule has 5 nitrogen and oxygen atoms in total. The Morgan fingerprint density at radius 2 is 1.62 bits per heavy atom. The third kappa shape index (κ3) is 1.47. The van der Waals surface area contributed by atoms with Crippen LogP contribution >= 0.6 is 0 Å². The van der Waals surface area contributed by atoms with E-state index >= 15 is 0 Å². The fraction of sp³-hybridized carbons (Fsp3) is 0.900. The van der Waals surface area contributed by atoms with E-state index in [-0.39, 0.29) is 5.91 Å². The monoisotopic (exact) mass is 248 g/mol. The summed E-state index contributed by atoms with van der Waals surface area (Å²) in [5.74, 6) is -0.318. The molecule has 16 heavy (non-hydrogen) atoms. The molecule has 1 fully saturated rings. The maximum atomic E-state index is 12.0.